The number of hydrogen-bond acceptors (Lipinski definition) is 6. The predicted molar refractivity (Wildman–Crippen MR) is 101 cm³/mol. The SMILES string of the molecule is COc1ccc(/C=C2/SC(=O)N(CCNC(=O)c3ccoc3C)C2=O)cc1. The molecule has 0 aliphatic carbocycles. The molecule has 1 N–H and O–H groups in total. The van der Waals surface area contributed by atoms with Crippen molar-refractivity contribution in [2.45, 2.75) is 6.92 Å². The Morgan fingerprint density at radius 2 is 2.00 bits per heavy atom. The van der Waals surface area contributed by atoms with Crippen LogP contribution in [0.4, 0.5) is 4.79 Å². The first-order valence-corrected chi connectivity index (χ1v) is 9.03. The van der Waals surface area contributed by atoms with E-state index in [-0.39, 0.29) is 30.1 Å². The maximum absolute atomic E-state index is 12.5. The Balaban J connectivity index is 1.59. The second-order valence-corrected chi connectivity index (χ2v) is 6.75. The molecule has 2 heterocycles. The van der Waals surface area contributed by atoms with Gasteiger partial charge in [0.25, 0.3) is 17.1 Å². The lowest BCUT2D eigenvalue weighted by molar-refractivity contribution is -0.122. The maximum atomic E-state index is 12.5. The number of benzene rings is 1. The molecule has 8 heteroatoms. The summed E-state index contributed by atoms with van der Waals surface area (Å²) in [4.78, 5) is 38.1. The van der Waals surface area contributed by atoms with Crippen molar-refractivity contribution >= 4 is 34.9 Å². The van der Waals surface area contributed by atoms with Crippen molar-refractivity contribution in [2.24, 2.45) is 0 Å². The second-order valence-electron chi connectivity index (χ2n) is 5.75. The monoisotopic (exact) mass is 386 g/mol. The molecule has 1 aliphatic heterocycles. The van der Waals surface area contributed by atoms with Crippen LogP contribution in [0, 0.1) is 6.92 Å². The highest BCUT2D eigenvalue weighted by atomic mass is 32.2. The molecule has 27 heavy (non-hydrogen) atoms. The Hall–Kier alpha value is -3.00. The lowest BCUT2D eigenvalue weighted by atomic mass is 10.2. The Kier molecular flexibility index (Phi) is 5.66. The van der Waals surface area contributed by atoms with Crippen LogP contribution in [0.3, 0.4) is 0 Å². The average Bonchev–Trinajstić information content (AvgIpc) is 3.20. The van der Waals surface area contributed by atoms with Gasteiger partial charge >= 0.3 is 0 Å². The number of ether oxygens (including phenoxy) is 1. The number of carbonyl (C=O) groups is 3. The van der Waals surface area contributed by atoms with Gasteiger partial charge < -0.3 is 14.5 Å². The van der Waals surface area contributed by atoms with Gasteiger partial charge in [0.2, 0.25) is 0 Å². The van der Waals surface area contributed by atoms with Gasteiger partial charge in [0.05, 0.1) is 23.8 Å². The summed E-state index contributed by atoms with van der Waals surface area (Å²) in [6.45, 7) is 1.96. The van der Waals surface area contributed by atoms with Crippen LogP contribution < -0.4 is 10.1 Å². The molecule has 2 aromatic rings. The molecule has 1 fully saturated rings. The molecule has 1 aliphatic rings. The number of rotatable bonds is 6. The van der Waals surface area contributed by atoms with E-state index in [1.807, 2.05) is 0 Å². The van der Waals surface area contributed by atoms with E-state index in [4.69, 9.17) is 9.15 Å². The number of amides is 3. The van der Waals surface area contributed by atoms with Crippen LogP contribution in [0.2, 0.25) is 0 Å². The summed E-state index contributed by atoms with van der Waals surface area (Å²) in [5.41, 5.74) is 1.23. The van der Waals surface area contributed by atoms with Gasteiger partial charge in [-0.15, -0.1) is 0 Å². The van der Waals surface area contributed by atoms with Gasteiger partial charge in [-0.2, -0.15) is 0 Å². The fourth-order valence-electron chi connectivity index (χ4n) is 2.54. The molecule has 1 saturated heterocycles. The maximum Gasteiger partial charge on any atom is 0.293 e. The Bertz CT molecular complexity index is 901. The molecule has 0 bridgehead atoms. The minimum atomic E-state index is -0.366. The summed E-state index contributed by atoms with van der Waals surface area (Å²) < 4.78 is 10.2. The smallest absolute Gasteiger partial charge is 0.293 e. The topological polar surface area (TPSA) is 88.8 Å². The summed E-state index contributed by atoms with van der Waals surface area (Å²) in [5.74, 6) is 0.557. The third-order valence-corrected chi connectivity index (χ3v) is 4.92. The minimum Gasteiger partial charge on any atom is -0.497 e. The molecule has 0 spiro atoms. The predicted octanol–water partition coefficient (Wildman–Crippen LogP) is 3.06. The molecule has 0 saturated carbocycles. The fourth-order valence-corrected chi connectivity index (χ4v) is 3.41. The fraction of sp³-hybridized carbons (Fsp3) is 0.211. The average molecular weight is 386 g/mol. The number of nitrogens with zero attached hydrogens (tertiary/aromatic N) is 1. The summed E-state index contributed by atoms with van der Waals surface area (Å²) >= 11 is 0.885. The van der Waals surface area contributed by atoms with Gasteiger partial charge in [-0.25, -0.2) is 0 Å². The van der Waals surface area contributed by atoms with Gasteiger partial charge in [0.15, 0.2) is 0 Å². The molecule has 7 nitrogen and oxygen atoms in total. The van der Waals surface area contributed by atoms with Gasteiger partial charge in [0, 0.05) is 13.1 Å². The first-order valence-electron chi connectivity index (χ1n) is 8.21. The third-order valence-electron chi connectivity index (χ3n) is 4.01. The van der Waals surface area contributed by atoms with E-state index in [9.17, 15) is 14.4 Å². The van der Waals surface area contributed by atoms with Crippen molar-refractivity contribution < 1.29 is 23.5 Å². The summed E-state index contributed by atoms with van der Waals surface area (Å²) in [5, 5.41) is 2.33. The summed E-state index contributed by atoms with van der Waals surface area (Å²) in [7, 11) is 1.58. The van der Waals surface area contributed by atoms with Crippen molar-refractivity contribution in [2.75, 3.05) is 20.2 Å². The largest absolute Gasteiger partial charge is 0.497 e. The number of hydrogen-bond donors (Lipinski definition) is 1. The van der Waals surface area contributed by atoms with Crippen LogP contribution in [0.5, 0.6) is 5.75 Å². The van der Waals surface area contributed by atoms with Crippen molar-refractivity contribution in [3.05, 3.63) is 58.4 Å². The molecule has 0 unspecified atom stereocenters. The van der Waals surface area contributed by atoms with Gasteiger partial charge in [-0.1, -0.05) is 12.1 Å². The van der Waals surface area contributed by atoms with E-state index in [1.165, 1.54) is 6.26 Å². The minimum absolute atomic E-state index is 0.104. The number of nitrogens with one attached hydrogen (secondary N) is 1. The number of methoxy groups -OCH3 is 1. The van der Waals surface area contributed by atoms with Crippen LogP contribution in [-0.2, 0) is 4.79 Å². The highest BCUT2D eigenvalue weighted by Gasteiger charge is 2.34. The normalized spacial score (nSPS) is 15.5. The first-order chi connectivity index (χ1) is 13.0. The van der Waals surface area contributed by atoms with Gasteiger partial charge in [-0.3, -0.25) is 19.3 Å². The number of carbonyl (C=O) groups excluding carboxylic acids is 3. The Morgan fingerprint density at radius 3 is 2.63 bits per heavy atom. The van der Waals surface area contributed by atoms with Crippen LogP contribution in [0.15, 0.2) is 45.9 Å². The zero-order valence-corrected chi connectivity index (χ0v) is 15.7. The highest BCUT2D eigenvalue weighted by molar-refractivity contribution is 8.18. The van der Waals surface area contributed by atoms with E-state index in [0.29, 0.717) is 22.0 Å². The van der Waals surface area contributed by atoms with E-state index in [1.54, 1.807) is 50.4 Å². The van der Waals surface area contributed by atoms with Crippen molar-refractivity contribution in [1.29, 1.82) is 0 Å². The number of imide groups is 1. The van der Waals surface area contributed by atoms with Gasteiger partial charge in [0.1, 0.15) is 11.5 Å². The van der Waals surface area contributed by atoms with Crippen LogP contribution in [-0.4, -0.2) is 42.2 Å². The molecule has 3 rings (SSSR count). The second kappa shape index (κ2) is 8.13. The van der Waals surface area contributed by atoms with E-state index in [2.05, 4.69) is 5.32 Å². The molecule has 1 aromatic carbocycles. The molecule has 0 radical (unpaired) electrons. The molecular formula is C19H18N2O5S. The highest BCUT2D eigenvalue weighted by Crippen LogP contribution is 2.32. The number of thioether (sulfide) groups is 1. The molecule has 140 valence electrons. The molecule has 0 atom stereocenters. The quantitative estimate of drug-likeness (QED) is 0.768. The lowest BCUT2D eigenvalue weighted by Crippen LogP contribution is -2.37. The molecular weight excluding hydrogens is 368 g/mol. The first kappa shape index (κ1) is 18.8. The summed E-state index contributed by atoms with van der Waals surface area (Å²) in [6, 6.07) is 8.75. The van der Waals surface area contributed by atoms with Crippen molar-refractivity contribution in [3.8, 4) is 5.75 Å². The number of furan rings is 1. The van der Waals surface area contributed by atoms with Crippen LogP contribution in [0.25, 0.3) is 6.08 Å². The molecule has 3 amide bonds. The van der Waals surface area contributed by atoms with Gasteiger partial charge in [-0.05, 0) is 48.5 Å². The van der Waals surface area contributed by atoms with Crippen LogP contribution >= 0.6 is 11.8 Å². The molecule has 1 aromatic heterocycles. The van der Waals surface area contributed by atoms with E-state index in [0.717, 1.165) is 22.2 Å². The summed E-state index contributed by atoms with van der Waals surface area (Å²) in [6.07, 6.45) is 3.10. The van der Waals surface area contributed by atoms with E-state index < -0.39 is 0 Å². The number of aryl methyl sites for hydroxylation is 1. The Labute approximate surface area is 160 Å². The van der Waals surface area contributed by atoms with Crippen molar-refractivity contribution in [1.82, 2.24) is 10.2 Å². The van der Waals surface area contributed by atoms with E-state index >= 15 is 0 Å². The standard InChI is InChI=1S/C19H18N2O5S/c1-12-15(7-10-26-12)17(22)20-8-9-21-18(23)16(27-19(21)24)11-13-3-5-14(25-2)6-4-13/h3-7,10-11H,8-9H2,1-2H3,(H,20,22)/b16-11+. The zero-order chi connectivity index (χ0) is 19.4. The third kappa shape index (κ3) is 4.22. The lowest BCUT2D eigenvalue weighted by Gasteiger charge is -2.12. The van der Waals surface area contributed by atoms with Crippen LogP contribution in [0.1, 0.15) is 21.7 Å². The van der Waals surface area contributed by atoms with Crippen molar-refractivity contribution in [3.63, 3.8) is 0 Å². The zero-order valence-electron chi connectivity index (χ0n) is 14.9. The Morgan fingerprint density at radius 1 is 1.26 bits per heavy atom.